The van der Waals surface area contributed by atoms with Crippen molar-refractivity contribution in [1.82, 2.24) is 0 Å². The number of hydrogen-bond donors (Lipinski definition) is 0. The van der Waals surface area contributed by atoms with Crippen LogP contribution in [0.5, 0.6) is 0 Å². The number of esters is 2. The van der Waals surface area contributed by atoms with Crippen LogP contribution in [-0.4, -0.2) is 37.9 Å². The Morgan fingerprint density at radius 2 is 0.703 bits per heavy atom. The Kier molecular flexibility index (Phi) is 51.0. The van der Waals surface area contributed by atoms with Crippen LogP contribution in [0.15, 0.2) is 109 Å². The van der Waals surface area contributed by atoms with Gasteiger partial charge in [0.05, 0.1) is 6.61 Å². The smallest absolute Gasteiger partial charge is 0.306 e. The molecule has 0 aliphatic heterocycles. The molecule has 0 saturated carbocycles. The van der Waals surface area contributed by atoms with Crippen molar-refractivity contribution >= 4 is 11.9 Å². The molecule has 1 atom stereocenters. The van der Waals surface area contributed by atoms with Gasteiger partial charge in [-0.2, -0.15) is 0 Å². The maximum absolute atomic E-state index is 12.8. The number of ether oxygens (including phenoxy) is 3. The van der Waals surface area contributed by atoms with E-state index < -0.39 is 6.10 Å². The molecule has 0 fully saturated rings. The van der Waals surface area contributed by atoms with Gasteiger partial charge in [-0.1, -0.05) is 201 Å². The van der Waals surface area contributed by atoms with Gasteiger partial charge in [-0.3, -0.25) is 9.59 Å². The molecular formula is C59H98O5. The van der Waals surface area contributed by atoms with Crippen LogP contribution in [0.25, 0.3) is 0 Å². The van der Waals surface area contributed by atoms with Gasteiger partial charge in [-0.15, -0.1) is 0 Å². The predicted molar refractivity (Wildman–Crippen MR) is 279 cm³/mol. The summed E-state index contributed by atoms with van der Waals surface area (Å²) in [4.78, 5) is 25.4. The van der Waals surface area contributed by atoms with Crippen molar-refractivity contribution in [3.63, 3.8) is 0 Å². The molecule has 364 valence electrons. The van der Waals surface area contributed by atoms with E-state index in [0.29, 0.717) is 19.4 Å². The standard InChI is InChI=1S/C59H98O5/c1-4-7-10-13-16-19-22-25-28-29-30-31-33-34-37-40-43-46-49-52-58(60)63-56-57(55-62-54-51-48-45-42-39-36-27-24-21-18-15-12-9-6-3)64-59(61)53-50-47-44-41-38-35-32-26-23-20-17-14-11-8-5-2/h7,9-10,12,16-21,25-28,30-32,36,57H,4-6,8,11,13-15,22-24,29,33-35,37-56H2,1-3H3/b10-7-,12-9-,19-16-,20-17-,21-18-,28-25-,31-30-,32-26-,36-27-. The van der Waals surface area contributed by atoms with Crippen molar-refractivity contribution in [2.45, 2.75) is 232 Å². The summed E-state index contributed by atoms with van der Waals surface area (Å²) in [6, 6.07) is 0. The highest BCUT2D eigenvalue weighted by atomic mass is 16.6. The van der Waals surface area contributed by atoms with Crippen molar-refractivity contribution in [2.24, 2.45) is 0 Å². The molecule has 64 heavy (non-hydrogen) atoms. The van der Waals surface area contributed by atoms with Crippen LogP contribution in [0.1, 0.15) is 226 Å². The molecule has 0 aliphatic carbocycles. The summed E-state index contributed by atoms with van der Waals surface area (Å²) < 4.78 is 17.4. The van der Waals surface area contributed by atoms with Gasteiger partial charge in [0.2, 0.25) is 0 Å². The largest absolute Gasteiger partial charge is 0.462 e. The first-order chi connectivity index (χ1) is 31.6. The Balaban J connectivity index is 4.36. The SMILES string of the molecule is CC/C=C\C/C=C\C/C=C\C/C=C\CCCCCCCCC(=O)OCC(COCCCCCC/C=C\C/C=C\C/C=C\CC)OC(=O)CCCCCCC/C=C\C/C=C\CCCCC. The van der Waals surface area contributed by atoms with E-state index in [2.05, 4.69) is 130 Å². The average Bonchev–Trinajstić information content (AvgIpc) is 3.30. The molecule has 0 aromatic heterocycles. The molecule has 0 aromatic rings. The minimum atomic E-state index is -0.568. The zero-order chi connectivity index (χ0) is 46.3. The topological polar surface area (TPSA) is 61.8 Å². The van der Waals surface area contributed by atoms with Crippen LogP contribution in [0.2, 0.25) is 0 Å². The quantitative estimate of drug-likeness (QED) is 0.0346. The van der Waals surface area contributed by atoms with Crippen molar-refractivity contribution in [1.29, 1.82) is 0 Å². The number of rotatable bonds is 47. The molecule has 0 bridgehead atoms. The molecule has 0 N–H and O–H groups in total. The van der Waals surface area contributed by atoms with Gasteiger partial charge in [-0.05, 0) is 122 Å². The molecule has 0 heterocycles. The molecule has 0 rings (SSSR count). The van der Waals surface area contributed by atoms with Gasteiger partial charge in [0.1, 0.15) is 6.61 Å². The molecular weight excluding hydrogens is 789 g/mol. The van der Waals surface area contributed by atoms with Crippen molar-refractivity contribution in [2.75, 3.05) is 19.8 Å². The fourth-order valence-electron chi connectivity index (χ4n) is 6.90. The van der Waals surface area contributed by atoms with E-state index in [1.807, 2.05) is 0 Å². The Bertz CT molecular complexity index is 1280. The molecule has 0 aromatic carbocycles. The van der Waals surface area contributed by atoms with Crippen molar-refractivity contribution in [3.05, 3.63) is 109 Å². The van der Waals surface area contributed by atoms with Crippen LogP contribution in [-0.2, 0) is 23.8 Å². The Labute approximate surface area is 395 Å². The highest BCUT2D eigenvalue weighted by Crippen LogP contribution is 2.13. The average molecular weight is 887 g/mol. The third kappa shape index (κ3) is 51.2. The van der Waals surface area contributed by atoms with Gasteiger partial charge < -0.3 is 14.2 Å². The predicted octanol–water partition coefficient (Wildman–Crippen LogP) is 18.0. The van der Waals surface area contributed by atoms with Crippen LogP contribution in [0.4, 0.5) is 0 Å². The number of unbranched alkanes of at least 4 members (excludes halogenated alkanes) is 18. The summed E-state index contributed by atoms with van der Waals surface area (Å²) in [5.41, 5.74) is 0. The Morgan fingerprint density at radius 1 is 0.359 bits per heavy atom. The second-order valence-corrected chi connectivity index (χ2v) is 17.0. The molecule has 0 aliphatic rings. The van der Waals surface area contributed by atoms with Crippen LogP contribution in [0, 0.1) is 0 Å². The summed E-state index contributed by atoms with van der Waals surface area (Å²) >= 11 is 0. The molecule has 0 amide bonds. The molecule has 0 radical (unpaired) electrons. The van der Waals surface area contributed by atoms with Crippen LogP contribution < -0.4 is 0 Å². The number of carbonyl (C=O) groups is 2. The monoisotopic (exact) mass is 887 g/mol. The second kappa shape index (κ2) is 53.9. The van der Waals surface area contributed by atoms with E-state index in [-0.39, 0.29) is 25.2 Å². The molecule has 0 saturated heterocycles. The minimum absolute atomic E-state index is 0.0565. The summed E-state index contributed by atoms with van der Waals surface area (Å²) in [6.45, 7) is 7.49. The lowest BCUT2D eigenvalue weighted by Crippen LogP contribution is -2.30. The lowest BCUT2D eigenvalue weighted by molar-refractivity contribution is -0.163. The summed E-state index contributed by atoms with van der Waals surface area (Å²) in [7, 11) is 0. The van der Waals surface area contributed by atoms with Crippen molar-refractivity contribution < 1.29 is 23.8 Å². The number of allylic oxidation sites excluding steroid dienone is 18. The second-order valence-electron chi connectivity index (χ2n) is 17.0. The van der Waals surface area contributed by atoms with E-state index in [1.54, 1.807) is 0 Å². The summed E-state index contributed by atoms with van der Waals surface area (Å²) in [5, 5.41) is 0. The third-order valence-corrected chi connectivity index (χ3v) is 10.8. The van der Waals surface area contributed by atoms with Gasteiger partial charge in [0, 0.05) is 19.4 Å². The van der Waals surface area contributed by atoms with E-state index in [1.165, 1.54) is 70.6 Å². The lowest BCUT2D eigenvalue weighted by atomic mass is 10.1. The Hall–Kier alpha value is -3.44. The third-order valence-electron chi connectivity index (χ3n) is 10.8. The zero-order valence-electron chi connectivity index (χ0n) is 41.8. The highest BCUT2D eigenvalue weighted by molar-refractivity contribution is 5.70. The van der Waals surface area contributed by atoms with Crippen LogP contribution >= 0.6 is 0 Å². The zero-order valence-corrected chi connectivity index (χ0v) is 41.8. The van der Waals surface area contributed by atoms with E-state index >= 15 is 0 Å². The molecule has 0 spiro atoms. The molecule has 5 nitrogen and oxygen atoms in total. The van der Waals surface area contributed by atoms with Gasteiger partial charge in [-0.25, -0.2) is 0 Å². The highest BCUT2D eigenvalue weighted by Gasteiger charge is 2.17. The van der Waals surface area contributed by atoms with E-state index in [9.17, 15) is 9.59 Å². The minimum Gasteiger partial charge on any atom is -0.462 e. The van der Waals surface area contributed by atoms with Gasteiger partial charge in [0.25, 0.3) is 0 Å². The first-order valence-electron chi connectivity index (χ1n) is 26.4. The number of hydrogen-bond acceptors (Lipinski definition) is 5. The molecule has 1 unspecified atom stereocenters. The first kappa shape index (κ1) is 60.6. The van der Waals surface area contributed by atoms with Crippen molar-refractivity contribution in [3.8, 4) is 0 Å². The first-order valence-corrected chi connectivity index (χ1v) is 26.4. The lowest BCUT2D eigenvalue weighted by Gasteiger charge is -2.18. The summed E-state index contributed by atoms with van der Waals surface area (Å²) in [5.74, 6) is -0.447. The van der Waals surface area contributed by atoms with Gasteiger partial charge in [0.15, 0.2) is 6.10 Å². The van der Waals surface area contributed by atoms with E-state index in [4.69, 9.17) is 14.2 Å². The maximum atomic E-state index is 12.8. The maximum Gasteiger partial charge on any atom is 0.306 e. The van der Waals surface area contributed by atoms with Gasteiger partial charge >= 0.3 is 11.9 Å². The fourth-order valence-corrected chi connectivity index (χ4v) is 6.90. The fraction of sp³-hybridized carbons (Fsp3) is 0.661. The normalized spacial score (nSPS) is 13.1. The van der Waals surface area contributed by atoms with E-state index in [0.717, 1.165) is 122 Å². The molecule has 5 heteroatoms. The Morgan fingerprint density at radius 3 is 1.12 bits per heavy atom. The van der Waals surface area contributed by atoms with Crippen LogP contribution in [0.3, 0.4) is 0 Å². The number of carbonyl (C=O) groups excluding carboxylic acids is 2. The summed E-state index contributed by atoms with van der Waals surface area (Å²) in [6.07, 6.45) is 73.8.